The Hall–Kier alpha value is -0.530. The van der Waals surface area contributed by atoms with Crippen LogP contribution >= 0.6 is 24.0 Å². The summed E-state index contributed by atoms with van der Waals surface area (Å²) in [5.74, 6) is 1.12. The van der Waals surface area contributed by atoms with Crippen LogP contribution in [0.25, 0.3) is 0 Å². The molecule has 116 valence electrons. The second-order valence-corrected chi connectivity index (χ2v) is 5.78. The summed E-state index contributed by atoms with van der Waals surface area (Å²) in [5, 5.41) is 6.12. The maximum Gasteiger partial charge on any atom is 0.242 e. The highest BCUT2D eigenvalue weighted by molar-refractivity contribution is 14.0. The molecule has 2 saturated carbocycles. The third-order valence-electron chi connectivity index (χ3n) is 4.16. The minimum absolute atomic E-state index is 0. The SMILES string of the molecule is I.NC(=NCC(=O)NC1CCCCC1)NCC1CCC1. The van der Waals surface area contributed by atoms with Gasteiger partial charge in [-0.3, -0.25) is 4.79 Å². The molecular formula is C14H27IN4O. The summed E-state index contributed by atoms with van der Waals surface area (Å²) in [6.45, 7) is 1.03. The van der Waals surface area contributed by atoms with Crippen molar-refractivity contribution in [1.82, 2.24) is 10.6 Å². The molecule has 0 aromatic rings. The monoisotopic (exact) mass is 394 g/mol. The Morgan fingerprint density at radius 1 is 1.10 bits per heavy atom. The average Bonchev–Trinajstić information content (AvgIpc) is 2.36. The number of halogens is 1. The molecule has 0 bridgehead atoms. The van der Waals surface area contributed by atoms with E-state index in [2.05, 4.69) is 15.6 Å². The predicted octanol–water partition coefficient (Wildman–Crippen LogP) is 1.76. The van der Waals surface area contributed by atoms with E-state index in [1.807, 2.05) is 0 Å². The van der Waals surface area contributed by atoms with Crippen molar-refractivity contribution in [1.29, 1.82) is 0 Å². The van der Waals surface area contributed by atoms with Crippen LogP contribution in [0.4, 0.5) is 0 Å². The Balaban J connectivity index is 0.00000200. The first-order valence-corrected chi connectivity index (χ1v) is 7.57. The van der Waals surface area contributed by atoms with Gasteiger partial charge in [-0.15, -0.1) is 24.0 Å². The molecule has 0 heterocycles. The predicted molar refractivity (Wildman–Crippen MR) is 92.3 cm³/mol. The highest BCUT2D eigenvalue weighted by Crippen LogP contribution is 2.24. The Morgan fingerprint density at radius 2 is 1.80 bits per heavy atom. The molecule has 2 fully saturated rings. The largest absolute Gasteiger partial charge is 0.370 e. The lowest BCUT2D eigenvalue weighted by Crippen LogP contribution is -2.40. The standard InChI is InChI=1S/C14H26N4O.HI/c15-14(16-9-11-5-4-6-11)17-10-13(19)18-12-7-2-1-3-8-12;/h11-12H,1-10H2,(H,18,19)(H3,15,16,17);1H. The number of rotatable bonds is 5. The first-order chi connectivity index (χ1) is 9.24. The van der Waals surface area contributed by atoms with E-state index in [0.29, 0.717) is 12.0 Å². The molecule has 5 nitrogen and oxygen atoms in total. The van der Waals surface area contributed by atoms with Crippen molar-refractivity contribution < 1.29 is 4.79 Å². The van der Waals surface area contributed by atoms with Gasteiger partial charge >= 0.3 is 0 Å². The first kappa shape index (κ1) is 17.5. The van der Waals surface area contributed by atoms with Crippen molar-refractivity contribution in [3.63, 3.8) is 0 Å². The highest BCUT2D eigenvalue weighted by atomic mass is 127. The number of nitrogens with zero attached hydrogens (tertiary/aromatic N) is 1. The van der Waals surface area contributed by atoms with Crippen LogP contribution in [0.2, 0.25) is 0 Å². The third-order valence-corrected chi connectivity index (χ3v) is 4.16. The van der Waals surface area contributed by atoms with Crippen molar-refractivity contribution in [3.05, 3.63) is 0 Å². The molecular weight excluding hydrogens is 367 g/mol. The van der Waals surface area contributed by atoms with E-state index in [-0.39, 0.29) is 36.4 Å². The molecule has 4 N–H and O–H groups in total. The van der Waals surface area contributed by atoms with Crippen LogP contribution in [0, 0.1) is 5.92 Å². The molecule has 6 heteroatoms. The molecule has 0 spiro atoms. The molecule has 0 aliphatic heterocycles. The molecule has 1 amide bonds. The number of carbonyl (C=O) groups is 1. The quantitative estimate of drug-likeness (QED) is 0.378. The summed E-state index contributed by atoms with van der Waals surface area (Å²) in [4.78, 5) is 15.8. The molecule has 0 saturated heterocycles. The third kappa shape index (κ3) is 6.28. The van der Waals surface area contributed by atoms with Crippen LogP contribution in [0.3, 0.4) is 0 Å². The van der Waals surface area contributed by atoms with Crippen LogP contribution in [-0.4, -0.2) is 31.0 Å². The van der Waals surface area contributed by atoms with Gasteiger partial charge in [0.25, 0.3) is 0 Å². The number of carbonyl (C=O) groups excluding carboxylic acids is 1. The van der Waals surface area contributed by atoms with E-state index >= 15 is 0 Å². The zero-order valence-corrected chi connectivity index (χ0v) is 14.4. The molecule has 0 aromatic carbocycles. The van der Waals surface area contributed by atoms with Gasteiger partial charge in [0.2, 0.25) is 5.91 Å². The molecule has 0 aromatic heterocycles. The molecule has 2 aliphatic carbocycles. The Kier molecular flexibility index (Phi) is 8.25. The number of nitrogens with one attached hydrogen (secondary N) is 2. The molecule has 20 heavy (non-hydrogen) atoms. The van der Waals surface area contributed by atoms with Gasteiger partial charge in [-0.1, -0.05) is 25.7 Å². The van der Waals surface area contributed by atoms with Gasteiger partial charge in [0.15, 0.2) is 5.96 Å². The van der Waals surface area contributed by atoms with Crippen molar-refractivity contribution >= 4 is 35.8 Å². The zero-order chi connectivity index (χ0) is 13.5. The summed E-state index contributed by atoms with van der Waals surface area (Å²) in [6, 6.07) is 0.348. The Labute approximate surface area is 138 Å². The van der Waals surface area contributed by atoms with E-state index < -0.39 is 0 Å². The van der Waals surface area contributed by atoms with Gasteiger partial charge in [0, 0.05) is 12.6 Å². The minimum atomic E-state index is -0.0136. The fraction of sp³-hybridized carbons (Fsp3) is 0.857. The lowest BCUT2D eigenvalue weighted by atomic mass is 9.85. The summed E-state index contributed by atoms with van der Waals surface area (Å²) in [7, 11) is 0. The van der Waals surface area contributed by atoms with Crippen molar-refractivity contribution in [2.24, 2.45) is 16.6 Å². The number of aliphatic imine (C=N–C) groups is 1. The van der Waals surface area contributed by atoms with E-state index in [0.717, 1.165) is 25.3 Å². The van der Waals surface area contributed by atoms with E-state index in [9.17, 15) is 4.79 Å². The maximum absolute atomic E-state index is 11.7. The highest BCUT2D eigenvalue weighted by Gasteiger charge is 2.17. The fourth-order valence-corrected chi connectivity index (χ4v) is 2.68. The number of hydrogen-bond acceptors (Lipinski definition) is 2. The summed E-state index contributed by atoms with van der Waals surface area (Å²) < 4.78 is 0. The molecule has 0 radical (unpaired) electrons. The summed E-state index contributed by atoms with van der Waals surface area (Å²) in [5.41, 5.74) is 5.74. The van der Waals surface area contributed by atoms with Gasteiger partial charge in [-0.2, -0.15) is 0 Å². The Bertz CT molecular complexity index is 325. The smallest absolute Gasteiger partial charge is 0.242 e. The van der Waals surface area contributed by atoms with Crippen LogP contribution in [-0.2, 0) is 4.79 Å². The summed E-state index contributed by atoms with van der Waals surface area (Å²) in [6.07, 6.45) is 9.83. The summed E-state index contributed by atoms with van der Waals surface area (Å²) >= 11 is 0. The van der Waals surface area contributed by atoms with Crippen LogP contribution in [0.5, 0.6) is 0 Å². The van der Waals surface area contributed by atoms with E-state index in [1.54, 1.807) is 0 Å². The van der Waals surface area contributed by atoms with Crippen LogP contribution in [0.1, 0.15) is 51.4 Å². The topological polar surface area (TPSA) is 79.5 Å². The molecule has 2 aliphatic rings. The van der Waals surface area contributed by atoms with E-state index in [1.165, 1.54) is 38.5 Å². The molecule has 0 unspecified atom stereocenters. The number of guanidine groups is 1. The average molecular weight is 394 g/mol. The number of amides is 1. The first-order valence-electron chi connectivity index (χ1n) is 7.57. The molecule has 0 atom stereocenters. The van der Waals surface area contributed by atoms with Crippen LogP contribution in [0.15, 0.2) is 4.99 Å². The van der Waals surface area contributed by atoms with E-state index in [4.69, 9.17) is 5.73 Å². The van der Waals surface area contributed by atoms with Crippen molar-refractivity contribution in [3.8, 4) is 0 Å². The van der Waals surface area contributed by atoms with Gasteiger partial charge in [-0.25, -0.2) is 4.99 Å². The molecule has 2 rings (SSSR count). The second kappa shape index (κ2) is 9.41. The lowest BCUT2D eigenvalue weighted by Gasteiger charge is -2.25. The maximum atomic E-state index is 11.7. The van der Waals surface area contributed by atoms with Gasteiger partial charge in [-0.05, 0) is 31.6 Å². The zero-order valence-electron chi connectivity index (χ0n) is 12.1. The normalized spacial score (nSPS) is 20.7. The van der Waals surface area contributed by atoms with Gasteiger partial charge < -0.3 is 16.4 Å². The Morgan fingerprint density at radius 3 is 2.40 bits per heavy atom. The van der Waals surface area contributed by atoms with Gasteiger partial charge in [0.05, 0.1) is 0 Å². The second-order valence-electron chi connectivity index (χ2n) is 5.78. The fourth-order valence-electron chi connectivity index (χ4n) is 2.68. The van der Waals surface area contributed by atoms with Crippen LogP contribution < -0.4 is 16.4 Å². The van der Waals surface area contributed by atoms with Crippen molar-refractivity contribution in [2.45, 2.75) is 57.4 Å². The lowest BCUT2D eigenvalue weighted by molar-refractivity contribution is -0.120. The van der Waals surface area contributed by atoms with Crippen molar-refractivity contribution in [2.75, 3.05) is 13.1 Å². The number of nitrogens with two attached hydrogens (primary N) is 1. The number of hydrogen-bond donors (Lipinski definition) is 3. The van der Waals surface area contributed by atoms with Gasteiger partial charge in [0.1, 0.15) is 6.54 Å². The minimum Gasteiger partial charge on any atom is -0.370 e.